The number of rotatable bonds is 6. The lowest BCUT2D eigenvalue weighted by Crippen LogP contribution is -2.13. The zero-order valence-electron chi connectivity index (χ0n) is 13.5. The number of amides is 1. The summed E-state index contributed by atoms with van der Waals surface area (Å²) in [7, 11) is 1.55. The van der Waals surface area contributed by atoms with Crippen LogP contribution < -0.4 is 14.8 Å². The molecule has 122 valence electrons. The van der Waals surface area contributed by atoms with E-state index < -0.39 is 0 Å². The number of para-hydroxylation sites is 1. The molecule has 0 bridgehead atoms. The summed E-state index contributed by atoms with van der Waals surface area (Å²) < 4.78 is 11.6. The van der Waals surface area contributed by atoms with Gasteiger partial charge in [0.25, 0.3) is 5.91 Å². The van der Waals surface area contributed by atoms with Gasteiger partial charge in [-0.15, -0.1) is 0 Å². The first kappa shape index (κ1) is 17.3. The van der Waals surface area contributed by atoms with Crippen molar-refractivity contribution in [2.75, 3.05) is 19.0 Å². The molecule has 0 aliphatic heterocycles. The van der Waals surface area contributed by atoms with E-state index in [1.807, 2.05) is 31.2 Å². The van der Waals surface area contributed by atoms with E-state index in [1.165, 1.54) is 0 Å². The molecule has 5 heteroatoms. The summed E-state index contributed by atoms with van der Waals surface area (Å²) >= 11 is 3.44. The second-order valence-corrected chi connectivity index (χ2v) is 5.74. The van der Waals surface area contributed by atoms with Crippen molar-refractivity contribution < 1.29 is 14.3 Å². The van der Waals surface area contributed by atoms with Gasteiger partial charge in [0.1, 0.15) is 0 Å². The average molecular weight is 378 g/mol. The van der Waals surface area contributed by atoms with Crippen molar-refractivity contribution >= 4 is 27.5 Å². The average Bonchev–Trinajstić information content (AvgIpc) is 2.57. The van der Waals surface area contributed by atoms with Gasteiger partial charge in [-0.3, -0.25) is 4.79 Å². The fourth-order valence-corrected chi connectivity index (χ4v) is 2.84. The molecule has 0 aliphatic rings. The molecule has 0 spiro atoms. The van der Waals surface area contributed by atoms with Crippen molar-refractivity contribution in [1.82, 2.24) is 0 Å². The first-order valence-electron chi connectivity index (χ1n) is 7.50. The molecule has 0 aromatic heterocycles. The maximum Gasteiger partial charge on any atom is 0.255 e. The SMILES string of the molecule is CCOc1c(Br)cc(C(=O)Nc2ccccc2CC)cc1OC. The lowest BCUT2D eigenvalue weighted by Gasteiger charge is -2.14. The van der Waals surface area contributed by atoms with Crippen molar-refractivity contribution in [3.8, 4) is 11.5 Å². The van der Waals surface area contributed by atoms with Gasteiger partial charge in [-0.05, 0) is 53.0 Å². The van der Waals surface area contributed by atoms with Crippen LogP contribution in [-0.2, 0) is 6.42 Å². The number of hydrogen-bond donors (Lipinski definition) is 1. The summed E-state index contributed by atoms with van der Waals surface area (Å²) in [4.78, 5) is 12.5. The van der Waals surface area contributed by atoms with Gasteiger partial charge in [-0.2, -0.15) is 0 Å². The largest absolute Gasteiger partial charge is 0.493 e. The molecule has 23 heavy (non-hydrogen) atoms. The van der Waals surface area contributed by atoms with E-state index in [0.29, 0.717) is 28.1 Å². The summed E-state index contributed by atoms with van der Waals surface area (Å²) in [6, 6.07) is 11.2. The van der Waals surface area contributed by atoms with Gasteiger partial charge in [0.05, 0.1) is 18.2 Å². The van der Waals surface area contributed by atoms with E-state index in [0.717, 1.165) is 17.7 Å². The molecule has 2 rings (SSSR count). The standard InChI is InChI=1S/C18H20BrNO3/c1-4-12-8-6-7-9-15(12)20-18(21)13-10-14(19)17(23-5-2)16(11-13)22-3/h6-11H,4-5H2,1-3H3,(H,20,21). The van der Waals surface area contributed by atoms with Gasteiger partial charge in [0, 0.05) is 11.3 Å². The second kappa shape index (κ2) is 8.02. The number of carbonyl (C=O) groups excluding carboxylic acids is 1. The minimum Gasteiger partial charge on any atom is -0.493 e. The first-order valence-corrected chi connectivity index (χ1v) is 8.29. The lowest BCUT2D eigenvalue weighted by molar-refractivity contribution is 0.102. The van der Waals surface area contributed by atoms with Gasteiger partial charge in [-0.25, -0.2) is 0 Å². The number of halogens is 1. The summed E-state index contributed by atoms with van der Waals surface area (Å²) in [6.45, 7) is 4.47. The van der Waals surface area contributed by atoms with Crippen LogP contribution >= 0.6 is 15.9 Å². The van der Waals surface area contributed by atoms with Crippen LogP contribution in [0.15, 0.2) is 40.9 Å². The maximum absolute atomic E-state index is 12.5. The number of aryl methyl sites for hydroxylation is 1. The monoisotopic (exact) mass is 377 g/mol. The lowest BCUT2D eigenvalue weighted by atomic mass is 10.1. The summed E-state index contributed by atoms with van der Waals surface area (Å²) in [5.74, 6) is 0.934. The number of methoxy groups -OCH3 is 1. The molecule has 0 saturated carbocycles. The Bertz CT molecular complexity index is 701. The van der Waals surface area contributed by atoms with Crippen molar-refractivity contribution in [2.45, 2.75) is 20.3 Å². The molecule has 0 saturated heterocycles. The maximum atomic E-state index is 12.5. The molecule has 0 radical (unpaired) electrons. The Kier molecular flexibility index (Phi) is 6.04. The molecule has 2 aromatic rings. The number of anilines is 1. The van der Waals surface area contributed by atoms with Gasteiger partial charge in [-0.1, -0.05) is 25.1 Å². The van der Waals surface area contributed by atoms with Crippen LogP contribution in [0.5, 0.6) is 11.5 Å². The van der Waals surface area contributed by atoms with Gasteiger partial charge < -0.3 is 14.8 Å². The Labute approximate surface area is 144 Å². The van der Waals surface area contributed by atoms with Gasteiger partial charge in [0.15, 0.2) is 11.5 Å². The zero-order valence-corrected chi connectivity index (χ0v) is 15.1. The molecule has 1 N–H and O–H groups in total. The van der Waals surface area contributed by atoms with Gasteiger partial charge in [0.2, 0.25) is 0 Å². The predicted molar refractivity (Wildman–Crippen MR) is 95.6 cm³/mol. The number of benzene rings is 2. The number of nitrogens with one attached hydrogen (secondary N) is 1. The topological polar surface area (TPSA) is 47.6 Å². The van der Waals surface area contributed by atoms with Crippen molar-refractivity contribution in [3.63, 3.8) is 0 Å². The van der Waals surface area contributed by atoms with Crippen LogP contribution in [-0.4, -0.2) is 19.6 Å². The third kappa shape index (κ3) is 4.05. The third-order valence-corrected chi connectivity index (χ3v) is 4.02. The molecule has 0 unspecified atom stereocenters. The van der Waals surface area contributed by atoms with Crippen molar-refractivity contribution in [2.24, 2.45) is 0 Å². The van der Waals surface area contributed by atoms with Crippen molar-refractivity contribution in [1.29, 1.82) is 0 Å². The van der Waals surface area contributed by atoms with Crippen LogP contribution in [0.25, 0.3) is 0 Å². The molecule has 0 fully saturated rings. The smallest absolute Gasteiger partial charge is 0.255 e. The van der Waals surface area contributed by atoms with E-state index in [9.17, 15) is 4.79 Å². The Morgan fingerprint density at radius 3 is 2.61 bits per heavy atom. The Morgan fingerprint density at radius 2 is 1.96 bits per heavy atom. The zero-order chi connectivity index (χ0) is 16.8. The third-order valence-electron chi connectivity index (χ3n) is 3.43. The highest BCUT2D eigenvalue weighted by molar-refractivity contribution is 9.10. The second-order valence-electron chi connectivity index (χ2n) is 4.89. The molecule has 0 atom stereocenters. The van der Waals surface area contributed by atoms with E-state index in [4.69, 9.17) is 9.47 Å². The minimum absolute atomic E-state index is 0.187. The van der Waals surface area contributed by atoms with Crippen LogP contribution in [0, 0.1) is 0 Å². The first-order chi connectivity index (χ1) is 11.1. The number of hydrogen-bond acceptors (Lipinski definition) is 3. The number of ether oxygens (including phenoxy) is 2. The molecule has 2 aromatic carbocycles. The van der Waals surface area contributed by atoms with Crippen LogP contribution in [0.1, 0.15) is 29.8 Å². The molecule has 0 aliphatic carbocycles. The van der Waals surface area contributed by atoms with Crippen LogP contribution in [0.2, 0.25) is 0 Å². The fourth-order valence-electron chi connectivity index (χ4n) is 2.28. The summed E-state index contributed by atoms with van der Waals surface area (Å²) in [5, 5.41) is 2.95. The predicted octanol–water partition coefficient (Wildman–Crippen LogP) is 4.67. The summed E-state index contributed by atoms with van der Waals surface area (Å²) in [6.07, 6.45) is 0.854. The Morgan fingerprint density at radius 1 is 1.22 bits per heavy atom. The van der Waals surface area contributed by atoms with Gasteiger partial charge >= 0.3 is 0 Å². The molecule has 0 heterocycles. The van der Waals surface area contributed by atoms with E-state index >= 15 is 0 Å². The van der Waals surface area contributed by atoms with Crippen LogP contribution in [0.4, 0.5) is 5.69 Å². The highest BCUT2D eigenvalue weighted by Crippen LogP contribution is 2.36. The molecular formula is C18H20BrNO3. The molecule has 1 amide bonds. The van der Waals surface area contributed by atoms with E-state index in [-0.39, 0.29) is 5.91 Å². The highest BCUT2D eigenvalue weighted by atomic mass is 79.9. The number of carbonyl (C=O) groups is 1. The van der Waals surface area contributed by atoms with E-state index in [2.05, 4.69) is 28.2 Å². The quantitative estimate of drug-likeness (QED) is 0.795. The molecular weight excluding hydrogens is 358 g/mol. The van der Waals surface area contributed by atoms with E-state index in [1.54, 1.807) is 19.2 Å². The van der Waals surface area contributed by atoms with Crippen LogP contribution in [0.3, 0.4) is 0 Å². The summed E-state index contributed by atoms with van der Waals surface area (Å²) in [5.41, 5.74) is 2.42. The minimum atomic E-state index is -0.187. The fraction of sp³-hybridized carbons (Fsp3) is 0.278. The Balaban J connectivity index is 2.31. The Hall–Kier alpha value is -2.01. The molecule has 4 nitrogen and oxygen atoms in total. The normalized spacial score (nSPS) is 10.3. The van der Waals surface area contributed by atoms with Crippen molar-refractivity contribution in [3.05, 3.63) is 52.0 Å². The highest BCUT2D eigenvalue weighted by Gasteiger charge is 2.16.